The highest BCUT2D eigenvalue weighted by Gasteiger charge is 2.33. The number of rotatable bonds is 4. The summed E-state index contributed by atoms with van der Waals surface area (Å²) >= 11 is 0. The fraction of sp³-hybridized carbons (Fsp3) is 0.250. The lowest BCUT2D eigenvalue weighted by molar-refractivity contribution is -0.141. The summed E-state index contributed by atoms with van der Waals surface area (Å²) in [5.74, 6) is -1.66. The van der Waals surface area contributed by atoms with Crippen LogP contribution in [0.3, 0.4) is 0 Å². The van der Waals surface area contributed by atoms with E-state index in [-0.39, 0.29) is 17.7 Å². The topological polar surface area (TPSA) is 71.4 Å². The third-order valence-electron chi connectivity index (χ3n) is 4.81. The van der Waals surface area contributed by atoms with Crippen molar-refractivity contribution in [1.82, 2.24) is 0 Å². The molecule has 1 N–H and O–H groups in total. The lowest BCUT2D eigenvalue weighted by Gasteiger charge is -2.11. The van der Waals surface area contributed by atoms with Gasteiger partial charge in [-0.25, -0.2) is 8.42 Å². The monoisotopic (exact) mass is 410 g/mol. The Morgan fingerprint density at radius 1 is 0.929 bits per heavy atom. The molecule has 148 valence electrons. The van der Waals surface area contributed by atoms with Crippen LogP contribution in [0.25, 0.3) is 11.1 Å². The molecule has 2 aromatic carbocycles. The molecule has 1 atom stereocenters. The van der Waals surface area contributed by atoms with Crippen LogP contribution < -0.4 is 0 Å². The predicted octanol–water partition coefficient (Wildman–Crippen LogP) is 4.51. The second kappa shape index (κ2) is 7.09. The van der Waals surface area contributed by atoms with Crippen LogP contribution in [0.1, 0.15) is 29.5 Å². The summed E-state index contributed by atoms with van der Waals surface area (Å²) < 4.78 is 61.7. The van der Waals surface area contributed by atoms with Gasteiger partial charge in [0.1, 0.15) is 0 Å². The van der Waals surface area contributed by atoms with Crippen LogP contribution in [-0.2, 0) is 20.8 Å². The SMILES string of the molecule is CS(=O)(=O)c1ccc(C2=C(c3ccc(C(F)(F)F)cc3)CC(C(=O)O)C2)cc1. The molecule has 0 amide bonds. The third kappa shape index (κ3) is 4.11. The second-order valence-corrected chi connectivity index (χ2v) is 8.79. The minimum Gasteiger partial charge on any atom is -0.481 e. The Labute approximate surface area is 160 Å². The van der Waals surface area contributed by atoms with E-state index < -0.39 is 33.5 Å². The maximum Gasteiger partial charge on any atom is 0.416 e. The Balaban J connectivity index is 2.04. The number of sulfone groups is 1. The van der Waals surface area contributed by atoms with E-state index in [1.807, 2.05) is 0 Å². The van der Waals surface area contributed by atoms with E-state index in [1.165, 1.54) is 24.3 Å². The molecule has 1 unspecified atom stereocenters. The predicted molar refractivity (Wildman–Crippen MR) is 98.2 cm³/mol. The van der Waals surface area contributed by atoms with E-state index in [2.05, 4.69) is 0 Å². The highest BCUT2D eigenvalue weighted by atomic mass is 32.2. The van der Waals surface area contributed by atoms with Crippen LogP contribution in [0.15, 0.2) is 53.4 Å². The maximum absolute atomic E-state index is 12.8. The average molecular weight is 410 g/mol. The summed E-state index contributed by atoms with van der Waals surface area (Å²) in [6, 6.07) is 10.7. The molecular weight excluding hydrogens is 393 g/mol. The molecule has 0 fully saturated rings. The summed E-state index contributed by atoms with van der Waals surface area (Å²) in [6.07, 6.45) is -2.94. The van der Waals surface area contributed by atoms with Gasteiger partial charge in [0.15, 0.2) is 9.84 Å². The lowest BCUT2D eigenvalue weighted by Crippen LogP contribution is -2.09. The highest BCUT2D eigenvalue weighted by Crippen LogP contribution is 2.43. The average Bonchev–Trinajstić information content (AvgIpc) is 3.06. The fourth-order valence-electron chi connectivity index (χ4n) is 3.33. The fourth-order valence-corrected chi connectivity index (χ4v) is 3.96. The van der Waals surface area contributed by atoms with E-state index in [9.17, 15) is 31.5 Å². The Morgan fingerprint density at radius 3 is 1.71 bits per heavy atom. The van der Waals surface area contributed by atoms with Gasteiger partial charge in [-0.3, -0.25) is 4.79 Å². The molecule has 8 heteroatoms. The zero-order chi connectivity index (χ0) is 20.7. The van der Waals surface area contributed by atoms with Crippen molar-refractivity contribution in [2.45, 2.75) is 23.9 Å². The summed E-state index contributed by atoms with van der Waals surface area (Å²) in [4.78, 5) is 11.6. The smallest absolute Gasteiger partial charge is 0.416 e. The van der Waals surface area contributed by atoms with Crippen molar-refractivity contribution in [3.05, 3.63) is 65.2 Å². The van der Waals surface area contributed by atoms with Gasteiger partial charge in [0.2, 0.25) is 0 Å². The number of hydrogen-bond donors (Lipinski definition) is 1. The van der Waals surface area contributed by atoms with Gasteiger partial charge in [-0.05, 0) is 59.4 Å². The number of carboxylic acids is 1. The van der Waals surface area contributed by atoms with Crippen LogP contribution in [0, 0.1) is 5.92 Å². The van der Waals surface area contributed by atoms with E-state index >= 15 is 0 Å². The molecule has 1 aliphatic rings. The Morgan fingerprint density at radius 2 is 1.36 bits per heavy atom. The molecule has 0 spiro atoms. The van der Waals surface area contributed by atoms with Crippen molar-refractivity contribution < 1.29 is 31.5 Å². The number of benzene rings is 2. The van der Waals surface area contributed by atoms with E-state index in [0.29, 0.717) is 22.3 Å². The van der Waals surface area contributed by atoms with Gasteiger partial charge < -0.3 is 5.11 Å². The molecule has 0 bridgehead atoms. The second-order valence-electron chi connectivity index (χ2n) is 6.77. The molecule has 3 rings (SSSR count). The van der Waals surface area contributed by atoms with Crippen molar-refractivity contribution in [1.29, 1.82) is 0 Å². The van der Waals surface area contributed by atoms with Gasteiger partial charge in [-0.15, -0.1) is 0 Å². The quantitative estimate of drug-likeness (QED) is 0.805. The number of carboxylic acid groups (broad SMARTS) is 1. The first-order chi connectivity index (χ1) is 13.0. The minimum atomic E-state index is -4.45. The zero-order valence-corrected chi connectivity index (χ0v) is 15.6. The Kier molecular flexibility index (Phi) is 5.10. The lowest BCUT2D eigenvalue weighted by atomic mass is 9.96. The largest absolute Gasteiger partial charge is 0.481 e. The van der Waals surface area contributed by atoms with Gasteiger partial charge in [0.05, 0.1) is 16.4 Å². The number of aliphatic carboxylic acids is 1. The van der Waals surface area contributed by atoms with Gasteiger partial charge >= 0.3 is 12.1 Å². The summed E-state index contributed by atoms with van der Waals surface area (Å²) in [6.45, 7) is 0. The molecule has 1 aliphatic carbocycles. The molecule has 0 saturated heterocycles. The zero-order valence-electron chi connectivity index (χ0n) is 14.8. The summed E-state index contributed by atoms with van der Waals surface area (Å²) in [7, 11) is -3.37. The maximum atomic E-state index is 12.8. The van der Waals surface area contributed by atoms with E-state index in [1.54, 1.807) is 12.1 Å². The number of hydrogen-bond acceptors (Lipinski definition) is 3. The molecule has 0 aromatic heterocycles. The Hall–Kier alpha value is -2.61. The molecule has 28 heavy (non-hydrogen) atoms. The van der Waals surface area contributed by atoms with Crippen LogP contribution in [0.2, 0.25) is 0 Å². The van der Waals surface area contributed by atoms with Gasteiger partial charge in [-0.1, -0.05) is 24.3 Å². The van der Waals surface area contributed by atoms with Crippen LogP contribution in [0.4, 0.5) is 13.2 Å². The molecule has 0 heterocycles. The van der Waals surface area contributed by atoms with Crippen molar-refractivity contribution >= 4 is 27.0 Å². The normalized spacial score (nSPS) is 17.8. The van der Waals surface area contributed by atoms with Crippen LogP contribution >= 0.6 is 0 Å². The molecule has 0 radical (unpaired) electrons. The molecular formula is C20H17F3O4S. The highest BCUT2D eigenvalue weighted by molar-refractivity contribution is 7.90. The Bertz CT molecular complexity index is 1030. The summed E-state index contributed by atoms with van der Waals surface area (Å²) in [5.41, 5.74) is 1.77. The van der Waals surface area contributed by atoms with Gasteiger partial charge in [0, 0.05) is 6.26 Å². The van der Waals surface area contributed by atoms with E-state index in [0.717, 1.165) is 18.4 Å². The first-order valence-corrected chi connectivity index (χ1v) is 10.3. The van der Waals surface area contributed by atoms with Crippen molar-refractivity contribution in [2.75, 3.05) is 6.26 Å². The standard InChI is InChI=1S/C20H17F3O4S/c1-28(26,27)16-8-4-13(5-9-16)18-11-14(19(24)25)10-17(18)12-2-6-15(7-3-12)20(21,22)23/h2-9,14H,10-11H2,1H3,(H,24,25). The van der Waals surface area contributed by atoms with E-state index in [4.69, 9.17) is 0 Å². The van der Waals surface area contributed by atoms with Crippen LogP contribution in [0.5, 0.6) is 0 Å². The number of carbonyl (C=O) groups is 1. The van der Waals surface area contributed by atoms with Crippen molar-refractivity contribution in [3.8, 4) is 0 Å². The first kappa shape index (κ1) is 20.1. The summed E-state index contributed by atoms with van der Waals surface area (Å²) in [5, 5.41) is 9.39. The van der Waals surface area contributed by atoms with Gasteiger partial charge in [0.25, 0.3) is 0 Å². The number of alkyl halides is 3. The molecule has 2 aromatic rings. The van der Waals surface area contributed by atoms with Crippen molar-refractivity contribution in [3.63, 3.8) is 0 Å². The minimum absolute atomic E-state index is 0.140. The number of halogens is 3. The molecule has 4 nitrogen and oxygen atoms in total. The number of allylic oxidation sites excluding steroid dienone is 2. The third-order valence-corrected chi connectivity index (χ3v) is 5.93. The molecule has 0 aliphatic heterocycles. The first-order valence-electron chi connectivity index (χ1n) is 8.40. The van der Waals surface area contributed by atoms with Crippen molar-refractivity contribution in [2.24, 2.45) is 5.92 Å². The van der Waals surface area contributed by atoms with Gasteiger partial charge in [-0.2, -0.15) is 13.2 Å². The van der Waals surface area contributed by atoms with Crippen LogP contribution in [-0.4, -0.2) is 25.7 Å². The molecule has 0 saturated carbocycles.